The lowest BCUT2D eigenvalue weighted by Crippen LogP contribution is -2.38. The lowest BCUT2D eigenvalue weighted by atomic mass is 9.95. The Morgan fingerprint density at radius 1 is 1.32 bits per heavy atom. The van der Waals surface area contributed by atoms with E-state index in [0.717, 1.165) is 54.4 Å². The molecule has 2 N–H and O–H groups in total. The van der Waals surface area contributed by atoms with E-state index in [1.807, 2.05) is 18.4 Å². The number of anilines is 2. The van der Waals surface area contributed by atoms with Crippen LogP contribution in [-0.4, -0.2) is 30.5 Å². The van der Waals surface area contributed by atoms with Gasteiger partial charge in [0.05, 0.1) is 11.4 Å². The number of nitrogens with zero attached hydrogens (tertiary/aromatic N) is 2. The lowest BCUT2D eigenvalue weighted by molar-refractivity contribution is -0.120. The number of rotatable bonds is 3. The molecule has 0 unspecified atom stereocenters. The Balaban J connectivity index is 0.00000140. The molecule has 0 aliphatic carbocycles. The second kappa shape index (κ2) is 9.87. The molecule has 1 aromatic heterocycles. The standard InChI is InChI=1S/C19H23FN4OS.2ClH/c1-12-11-26-19(22-12)24-8-5-13(6-9-24)18(25)23-16-3-2-14-10-21-7-4-15(14)17(16)20;;/h2-3,11,13,21H,4-10H2,1H3,(H,23,25);2*1H. The summed E-state index contributed by atoms with van der Waals surface area (Å²) in [6, 6.07) is 3.60. The number of carbonyl (C=O) groups is 1. The number of nitrogens with one attached hydrogen (secondary N) is 2. The van der Waals surface area contributed by atoms with Gasteiger partial charge < -0.3 is 15.5 Å². The predicted molar refractivity (Wildman–Crippen MR) is 117 cm³/mol. The highest BCUT2D eigenvalue weighted by molar-refractivity contribution is 7.13. The summed E-state index contributed by atoms with van der Waals surface area (Å²) in [4.78, 5) is 19.4. The Morgan fingerprint density at radius 2 is 2.07 bits per heavy atom. The van der Waals surface area contributed by atoms with Crippen molar-refractivity contribution in [3.05, 3.63) is 40.2 Å². The van der Waals surface area contributed by atoms with Gasteiger partial charge in [0.2, 0.25) is 5.91 Å². The van der Waals surface area contributed by atoms with Gasteiger partial charge in [0.25, 0.3) is 0 Å². The molecule has 0 bridgehead atoms. The fourth-order valence-corrected chi connectivity index (χ4v) is 4.54. The second-order valence-corrected chi connectivity index (χ2v) is 7.85. The highest BCUT2D eigenvalue weighted by Gasteiger charge is 2.27. The van der Waals surface area contributed by atoms with Crippen molar-refractivity contribution in [1.82, 2.24) is 10.3 Å². The largest absolute Gasteiger partial charge is 0.348 e. The highest BCUT2D eigenvalue weighted by atomic mass is 35.5. The third kappa shape index (κ3) is 4.76. The minimum Gasteiger partial charge on any atom is -0.348 e. The third-order valence-electron chi connectivity index (χ3n) is 5.21. The van der Waals surface area contributed by atoms with Crippen LogP contribution in [0.25, 0.3) is 0 Å². The normalized spacial score (nSPS) is 16.6. The van der Waals surface area contributed by atoms with Crippen molar-refractivity contribution in [2.24, 2.45) is 5.92 Å². The zero-order valence-electron chi connectivity index (χ0n) is 15.7. The molecule has 2 aromatic rings. The lowest BCUT2D eigenvalue weighted by Gasteiger charge is -2.31. The number of hydrogen-bond donors (Lipinski definition) is 2. The van der Waals surface area contributed by atoms with E-state index in [0.29, 0.717) is 18.7 Å². The van der Waals surface area contributed by atoms with Crippen molar-refractivity contribution in [3.63, 3.8) is 0 Å². The first-order valence-corrected chi connectivity index (χ1v) is 9.98. The van der Waals surface area contributed by atoms with Crippen LogP contribution in [0.2, 0.25) is 0 Å². The monoisotopic (exact) mass is 446 g/mol. The number of piperidine rings is 1. The molecule has 0 atom stereocenters. The van der Waals surface area contributed by atoms with Crippen LogP contribution in [0.15, 0.2) is 17.5 Å². The first kappa shape index (κ1) is 22.9. The zero-order chi connectivity index (χ0) is 18.1. The van der Waals surface area contributed by atoms with Crippen LogP contribution in [-0.2, 0) is 17.8 Å². The molecule has 3 heterocycles. The molecule has 4 rings (SSSR count). The maximum Gasteiger partial charge on any atom is 0.227 e. The minimum absolute atomic E-state index is 0. The van der Waals surface area contributed by atoms with Crippen molar-refractivity contribution >= 4 is 52.9 Å². The maximum absolute atomic E-state index is 14.7. The summed E-state index contributed by atoms with van der Waals surface area (Å²) in [6.45, 7) is 5.07. The van der Waals surface area contributed by atoms with E-state index in [1.165, 1.54) is 0 Å². The molecule has 28 heavy (non-hydrogen) atoms. The summed E-state index contributed by atoms with van der Waals surface area (Å²) in [5.41, 5.74) is 3.06. The Bertz CT molecular complexity index is 824. The number of hydrogen-bond acceptors (Lipinski definition) is 5. The number of benzene rings is 1. The van der Waals surface area contributed by atoms with Crippen molar-refractivity contribution in [3.8, 4) is 0 Å². The average molecular weight is 447 g/mol. The number of aromatic nitrogens is 1. The van der Waals surface area contributed by atoms with Gasteiger partial charge in [-0.2, -0.15) is 0 Å². The average Bonchev–Trinajstić information content (AvgIpc) is 3.11. The van der Waals surface area contributed by atoms with Crippen molar-refractivity contribution in [2.75, 3.05) is 29.9 Å². The number of thiazole rings is 1. The Kier molecular flexibility index (Phi) is 8.07. The fourth-order valence-electron chi connectivity index (χ4n) is 3.68. The van der Waals surface area contributed by atoms with Gasteiger partial charge in [-0.25, -0.2) is 9.37 Å². The van der Waals surface area contributed by atoms with Crippen LogP contribution in [0.3, 0.4) is 0 Å². The van der Waals surface area contributed by atoms with E-state index < -0.39 is 0 Å². The van der Waals surface area contributed by atoms with Crippen molar-refractivity contribution in [1.29, 1.82) is 0 Å². The van der Waals surface area contributed by atoms with Crippen molar-refractivity contribution in [2.45, 2.75) is 32.7 Å². The molecule has 2 aliphatic rings. The van der Waals surface area contributed by atoms with Gasteiger partial charge in [0.15, 0.2) is 5.13 Å². The fraction of sp³-hybridized carbons (Fsp3) is 0.474. The van der Waals surface area contributed by atoms with E-state index in [9.17, 15) is 9.18 Å². The van der Waals surface area contributed by atoms with Gasteiger partial charge in [0.1, 0.15) is 5.82 Å². The Hall–Kier alpha value is -1.41. The van der Waals surface area contributed by atoms with Crippen LogP contribution in [0.4, 0.5) is 15.2 Å². The number of amides is 1. The molecule has 0 radical (unpaired) electrons. The van der Waals surface area contributed by atoms with Crippen LogP contribution in [0, 0.1) is 18.7 Å². The summed E-state index contributed by atoms with van der Waals surface area (Å²) < 4.78 is 14.7. The molecule has 1 fully saturated rings. The quantitative estimate of drug-likeness (QED) is 0.749. The number of fused-ring (bicyclic) bond motifs is 1. The molecule has 1 amide bonds. The molecule has 9 heteroatoms. The molecule has 5 nitrogen and oxygen atoms in total. The predicted octanol–water partition coefficient (Wildman–Crippen LogP) is 3.94. The summed E-state index contributed by atoms with van der Waals surface area (Å²) in [7, 11) is 0. The topological polar surface area (TPSA) is 57.3 Å². The van der Waals surface area contributed by atoms with E-state index in [2.05, 4.69) is 20.5 Å². The molecule has 154 valence electrons. The van der Waals surface area contributed by atoms with Gasteiger partial charge in [-0.3, -0.25) is 4.79 Å². The maximum atomic E-state index is 14.7. The highest BCUT2D eigenvalue weighted by Crippen LogP contribution is 2.28. The number of carbonyl (C=O) groups excluding carboxylic acids is 1. The molecular weight excluding hydrogens is 422 g/mol. The second-order valence-electron chi connectivity index (χ2n) is 7.01. The van der Waals surface area contributed by atoms with E-state index in [4.69, 9.17) is 0 Å². The molecule has 2 aliphatic heterocycles. The molecule has 1 aromatic carbocycles. The summed E-state index contributed by atoms with van der Waals surface area (Å²) in [5.74, 6) is -0.426. The zero-order valence-corrected chi connectivity index (χ0v) is 18.1. The van der Waals surface area contributed by atoms with Gasteiger partial charge >= 0.3 is 0 Å². The number of halogens is 3. The molecule has 0 spiro atoms. The van der Waals surface area contributed by atoms with Gasteiger partial charge in [-0.1, -0.05) is 6.07 Å². The third-order valence-corrected chi connectivity index (χ3v) is 6.23. The SMILES string of the molecule is Cc1csc(N2CCC(C(=O)Nc3ccc4c(c3F)CCNC4)CC2)n1.Cl.Cl. The van der Waals surface area contributed by atoms with Gasteiger partial charge in [-0.05, 0) is 49.9 Å². The Labute approximate surface area is 180 Å². The summed E-state index contributed by atoms with van der Waals surface area (Å²) in [5, 5.41) is 9.13. The van der Waals surface area contributed by atoms with Gasteiger partial charge in [-0.15, -0.1) is 36.2 Å². The van der Waals surface area contributed by atoms with E-state index in [1.54, 1.807) is 17.4 Å². The van der Waals surface area contributed by atoms with Crippen LogP contribution >= 0.6 is 36.2 Å². The van der Waals surface area contributed by atoms with Crippen LogP contribution in [0.5, 0.6) is 0 Å². The molecule has 1 saturated heterocycles. The molecule has 0 saturated carbocycles. The molecular formula is C19H25Cl2FN4OS. The van der Waals surface area contributed by atoms with E-state index in [-0.39, 0.29) is 42.5 Å². The summed E-state index contributed by atoms with van der Waals surface area (Å²) >= 11 is 1.64. The first-order chi connectivity index (χ1) is 12.6. The van der Waals surface area contributed by atoms with Crippen LogP contribution in [0.1, 0.15) is 29.7 Å². The van der Waals surface area contributed by atoms with Gasteiger partial charge in [0, 0.05) is 30.9 Å². The Morgan fingerprint density at radius 3 is 2.75 bits per heavy atom. The van der Waals surface area contributed by atoms with E-state index >= 15 is 0 Å². The smallest absolute Gasteiger partial charge is 0.227 e. The minimum atomic E-state index is -0.270. The number of aryl methyl sites for hydroxylation is 1. The van der Waals surface area contributed by atoms with Crippen molar-refractivity contribution < 1.29 is 9.18 Å². The summed E-state index contributed by atoms with van der Waals surface area (Å²) in [6.07, 6.45) is 2.19. The first-order valence-electron chi connectivity index (χ1n) is 9.10. The van der Waals surface area contributed by atoms with Crippen LogP contribution < -0.4 is 15.5 Å².